The van der Waals surface area contributed by atoms with Crippen molar-refractivity contribution in [2.24, 2.45) is 0 Å². The van der Waals surface area contributed by atoms with Crippen LogP contribution < -0.4 is 0 Å². The molecule has 0 aliphatic heterocycles. The molecule has 0 heterocycles. The van der Waals surface area contributed by atoms with Crippen LogP contribution in [0.4, 0.5) is 0 Å². The molecule has 0 saturated carbocycles. The molecule has 1 unspecified atom stereocenters. The maximum absolute atomic E-state index is 9.91. The van der Waals surface area contributed by atoms with Crippen LogP contribution >= 0.6 is 0 Å². The second kappa shape index (κ2) is 5.23. The number of ether oxygens (including phenoxy) is 1. The number of carbonyl (C=O) groups excluding carboxylic acids is 1. The topological polar surface area (TPSA) is 29.5 Å². The van der Waals surface area contributed by atoms with Gasteiger partial charge in [-0.05, 0) is 20.5 Å². The van der Waals surface area contributed by atoms with Gasteiger partial charge in [0.1, 0.15) is 6.10 Å². The molecule has 0 spiro atoms. The van der Waals surface area contributed by atoms with Crippen molar-refractivity contribution >= 4 is 6.47 Å². The van der Waals surface area contributed by atoms with Gasteiger partial charge in [0.05, 0.1) is 0 Å². The van der Waals surface area contributed by atoms with Crippen LogP contribution in [0.25, 0.3) is 0 Å². The molecule has 0 rings (SSSR count). The molecule has 0 N–H and O–H groups in total. The van der Waals surface area contributed by atoms with Crippen molar-refractivity contribution < 1.29 is 9.53 Å². The first kappa shape index (κ1) is 9.43. The van der Waals surface area contributed by atoms with Gasteiger partial charge >= 0.3 is 0 Å². The van der Waals surface area contributed by atoms with E-state index in [-0.39, 0.29) is 6.10 Å². The summed E-state index contributed by atoms with van der Waals surface area (Å²) >= 11 is 0. The van der Waals surface area contributed by atoms with Gasteiger partial charge in [0.2, 0.25) is 0 Å². The Labute approximate surface area is 62.0 Å². The van der Waals surface area contributed by atoms with Crippen molar-refractivity contribution in [2.45, 2.75) is 19.4 Å². The minimum Gasteiger partial charge on any atom is -0.463 e. The second-order valence-corrected chi connectivity index (χ2v) is 2.52. The molecule has 10 heavy (non-hydrogen) atoms. The highest BCUT2D eigenvalue weighted by atomic mass is 16.5. The lowest BCUT2D eigenvalue weighted by atomic mass is 10.3. The molecule has 0 aliphatic rings. The Bertz CT molecular complexity index is 93.6. The molecule has 60 valence electrons. The van der Waals surface area contributed by atoms with E-state index in [4.69, 9.17) is 4.74 Å². The molecule has 1 atom stereocenters. The van der Waals surface area contributed by atoms with Crippen LogP contribution in [0.1, 0.15) is 13.3 Å². The summed E-state index contributed by atoms with van der Waals surface area (Å²) in [6.45, 7) is 3.31. The fourth-order valence-electron chi connectivity index (χ4n) is 0.754. The summed E-state index contributed by atoms with van der Waals surface area (Å²) in [5.74, 6) is 0. The van der Waals surface area contributed by atoms with Crippen LogP contribution in [0.5, 0.6) is 0 Å². The van der Waals surface area contributed by atoms with Crippen molar-refractivity contribution in [1.82, 2.24) is 4.90 Å². The first-order chi connectivity index (χ1) is 4.70. The first-order valence-corrected chi connectivity index (χ1v) is 3.44. The van der Waals surface area contributed by atoms with Crippen molar-refractivity contribution in [3.63, 3.8) is 0 Å². The molecule has 0 aromatic carbocycles. The summed E-state index contributed by atoms with van der Waals surface area (Å²) < 4.78 is 4.78. The summed E-state index contributed by atoms with van der Waals surface area (Å²) in [4.78, 5) is 11.9. The molecule has 3 nitrogen and oxygen atoms in total. The summed E-state index contributed by atoms with van der Waals surface area (Å²) in [5.41, 5.74) is 0. The summed E-state index contributed by atoms with van der Waals surface area (Å²) in [6, 6.07) is 0. The van der Waals surface area contributed by atoms with Crippen molar-refractivity contribution in [3.05, 3.63) is 0 Å². The normalized spacial score (nSPS) is 13.2. The molecular formula is C7H15NO2. The Hall–Kier alpha value is -0.570. The van der Waals surface area contributed by atoms with Gasteiger partial charge in [0.25, 0.3) is 6.47 Å². The van der Waals surface area contributed by atoms with Gasteiger partial charge in [-0.2, -0.15) is 0 Å². The third-order valence-electron chi connectivity index (χ3n) is 1.27. The summed E-state index contributed by atoms with van der Waals surface area (Å²) in [5, 5.41) is 0. The van der Waals surface area contributed by atoms with Gasteiger partial charge in [-0.3, -0.25) is 4.79 Å². The number of rotatable bonds is 5. The fraction of sp³-hybridized carbons (Fsp3) is 0.857. The Morgan fingerprint density at radius 3 is 2.50 bits per heavy atom. The molecule has 0 amide bonds. The standard InChI is InChI=1S/C7H15NO2/c1-4-7(10-6-9)5-8(2)3/h6-7H,4-5H2,1-3H3. The minimum atomic E-state index is 0.0486. The zero-order valence-electron chi connectivity index (χ0n) is 6.83. The molecule has 3 heteroatoms. The fourth-order valence-corrected chi connectivity index (χ4v) is 0.754. The molecule has 0 bridgehead atoms. The van der Waals surface area contributed by atoms with E-state index in [2.05, 4.69) is 0 Å². The van der Waals surface area contributed by atoms with E-state index in [1.807, 2.05) is 25.9 Å². The highest BCUT2D eigenvalue weighted by Crippen LogP contribution is 1.96. The lowest BCUT2D eigenvalue weighted by molar-refractivity contribution is -0.134. The van der Waals surface area contributed by atoms with E-state index in [9.17, 15) is 4.79 Å². The number of nitrogens with zero attached hydrogens (tertiary/aromatic N) is 1. The Morgan fingerprint density at radius 2 is 2.20 bits per heavy atom. The Morgan fingerprint density at radius 1 is 1.60 bits per heavy atom. The smallest absolute Gasteiger partial charge is 0.293 e. The third-order valence-corrected chi connectivity index (χ3v) is 1.27. The van der Waals surface area contributed by atoms with Crippen LogP contribution in [-0.4, -0.2) is 38.1 Å². The monoisotopic (exact) mass is 145 g/mol. The molecular weight excluding hydrogens is 130 g/mol. The van der Waals surface area contributed by atoms with Gasteiger partial charge in [0.15, 0.2) is 0 Å². The number of carbonyl (C=O) groups is 1. The lowest BCUT2D eigenvalue weighted by Crippen LogP contribution is -2.27. The summed E-state index contributed by atoms with van der Waals surface area (Å²) in [7, 11) is 3.91. The van der Waals surface area contributed by atoms with E-state index in [0.29, 0.717) is 6.47 Å². The number of hydrogen-bond donors (Lipinski definition) is 0. The van der Waals surface area contributed by atoms with E-state index < -0.39 is 0 Å². The number of likely N-dealkylation sites (N-methyl/N-ethyl adjacent to an activating group) is 1. The minimum absolute atomic E-state index is 0.0486. The third kappa shape index (κ3) is 4.32. The zero-order valence-corrected chi connectivity index (χ0v) is 6.83. The lowest BCUT2D eigenvalue weighted by Gasteiger charge is -2.17. The van der Waals surface area contributed by atoms with Crippen LogP contribution in [0.2, 0.25) is 0 Å². The highest BCUT2D eigenvalue weighted by molar-refractivity contribution is 5.37. The predicted molar refractivity (Wildman–Crippen MR) is 39.8 cm³/mol. The van der Waals surface area contributed by atoms with Crippen molar-refractivity contribution in [2.75, 3.05) is 20.6 Å². The average Bonchev–Trinajstić information content (AvgIpc) is 1.86. The van der Waals surface area contributed by atoms with Gasteiger partial charge < -0.3 is 9.64 Å². The van der Waals surface area contributed by atoms with Crippen LogP contribution in [0.15, 0.2) is 0 Å². The summed E-state index contributed by atoms with van der Waals surface area (Å²) in [6.07, 6.45) is 0.921. The molecule has 0 aromatic heterocycles. The molecule has 0 radical (unpaired) electrons. The van der Waals surface area contributed by atoms with Crippen LogP contribution in [-0.2, 0) is 9.53 Å². The zero-order chi connectivity index (χ0) is 7.98. The van der Waals surface area contributed by atoms with E-state index >= 15 is 0 Å². The largest absolute Gasteiger partial charge is 0.463 e. The van der Waals surface area contributed by atoms with E-state index in [0.717, 1.165) is 13.0 Å². The quantitative estimate of drug-likeness (QED) is 0.527. The van der Waals surface area contributed by atoms with Gasteiger partial charge in [-0.25, -0.2) is 0 Å². The Kier molecular flexibility index (Phi) is 4.94. The Balaban J connectivity index is 3.48. The SMILES string of the molecule is CCC(CN(C)C)OC=O. The van der Waals surface area contributed by atoms with Crippen LogP contribution in [0.3, 0.4) is 0 Å². The van der Waals surface area contributed by atoms with Crippen molar-refractivity contribution in [1.29, 1.82) is 0 Å². The molecule has 0 aromatic rings. The van der Waals surface area contributed by atoms with Gasteiger partial charge in [-0.1, -0.05) is 6.92 Å². The first-order valence-electron chi connectivity index (χ1n) is 3.44. The van der Waals surface area contributed by atoms with Gasteiger partial charge in [0, 0.05) is 6.54 Å². The molecule has 0 aliphatic carbocycles. The van der Waals surface area contributed by atoms with E-state index in [1.165, 1.54) is 0 Å². The van der Waals surface area contributed by atoms with Crippen molar-refractivity contribution in [3.8, 4) is 0 Å². The maximum Gasteiger partial charge on any atom is 0.293 e. The highest BCUT2D eigenvalue weighted by Gasteiger charge is 2.05. The molecule has 0 fully saturated rings. The molecule has 0 saturated heterocycles. The number of hydrogen-bond acceptors (Lipinski definition) is 3. The van der Waals surface area contributed by atoms with E-state index in [1.54, 1.807) is 0 Å². The second-order valence-electron chi connectivity index (χ2n) is 2.52. The maximum atomic E-state index is 9.91. The predicted octanol–water partition coefficient (Wildman–Crippen LogP) is 0.500. The average molecular weight is 145 g/mol. The van der Waals surface area contributed by atoms with Crippen LogP contribution in [0, 0.1) is 0 Å². The van der Waals surface area contributed by atoms with Gasteiger partial charge in [-0.15, -0.1) is 0 Å².